The molecular formula is C18H18ClNS. The summed E-state index contributed by atoms with van der Waals surface area (Å²) < 4.78 is 0. The molecule has 1 aliphatic heterocycles. The number of hydrogen-bond donors (Lipinski definition) is 0. The van der Waals surface area contributed by atoms with Crippen molar-refractivity contribution in [2.24, 2.45) is 5.92 Å². The lowest BCUT2D eigenvalue weighted by Crippen LogP contribution is -2.26. The lowest BCUT2D eigenvalue weighted by atomic mass is 9.98. The smallest absolute Gasteiger partial charge is 0.0462 e. The summed E-state index contributed by atoms with van der Waals surface area (Å²) in [5.74, 6) is 0.436. The van der Waals surface area contributed by atoms with Gasteiger partial charge in [0.2, 0.25) is 0 Å². The van der Waals surface area contributed by atoms with E-state index in [-0.39, 0.29) is 0 Å². The zero-order chi connectivity index (χ0) is 14.8. The van der Waals surface area contributed by atoms with Gasteiger partial charge in [-0.25, -0.2) is 0 Å². The Morgan fingerprint density at radius 3 is 2.67 bits per heavy atom. The Morgan fingerprint density at radius 1 is 1.19 bits per heavy atom. The number of benzene rings is 2. The largest absolute Gasteiger partial charge is 0.341 e. The first-order chi connectivity index (χ1) is 10.2. The van der Waals surface area contributed by atoms with E-state index in [4.69, 9.17) is 23.8 Å². The third kappa shape index (κ3) is 2.97. The fourth-order valence-corrected chi connectivity index (χ4v) is 3.46. The van der Waals surface area contributed by atoms with Crippen LogP contribution in [-0.4, -0.2) is 11.4 Å². The van der Waals surface area contributed by atoms with Crippen molar-refractivity contribution in [2.75, 3.05) is 11.4 Å². The Labute approximate surface area is 136 Å². The Kier molecular flexibility index (Phi) is 4.27. The Bertz CT molecular complexity index is 654. The minimum Gasteiger partial charge on any atom is -0.341 e. The highest BCUT2D eigenvalue weighted by Gasteiger charge is 2.25. The van der Waals surface area contributed by atoms with Gasteiger partial charge in [0.15, 0.2) is 0 Å². The van der Waals surface area contributed by atoms with E-state index in [1.165, 1.54) is 16.9 Å². The lowest BCUT2D eigenvalue weighted by molar-refractivity contribution is 0.673. The van der Waals surface area contributed by atoms with Crippen molar-refractivity contribution in [1.82, 2.24) is 0 Å². The Balaban J connectivity index is 2.12. The number of thiocarbonyl (C=S) groups is 1. The second-order valence-corrected chi connectivity index (χ2v) is 6.43. The van der Waals surface area contributed by atoms with Crippen LogP contribution in [-0.2, 0) is 6.42 Å². The zero-order valence-corrected chi connectivity index (χ0v) is 13.6. The van der Waals surface area contributed by atoms with Crippen LogP contribution < -0.4 is 4.90 Å². The number of halogens is 1. The van der Waals surface area contributed by atoms with Crippen LogP contribution in [0.3, 0.4) is 0 Å². The molecule has 0 spiro atoms. The topological polar surface area (TPSA) is 3.24 Å². The fourth-order valence-electron chi connectivity index (χ4n) is 2.90. The summed E-state index contributed by atoms with van der Waals surface area (Å²) >= 11 is 11.9. The van der Waals surface area contributed by atoms with Crippen LogP contribution in [0, 0.1) is 5.92 Å². The standard InChI is InChI=1S/C18H18ClNS/c1-2-13-12-20(16-6-4-3-5-7-16)17-11-15(19)9-8-14(17)10-18(13)21/h3-9,11,13H,2,10,12H2,1H3. The molecule has 0 saturated carbocycles. The summed E-state index contributed by atoms with van der Waals surface area (Å²) in [6.07, 6.45) is 1.94. The Morgan fingerprint density at radius 2 is 1.95 bits per heavy atom. The normalized spacial score (nSPS) is 18.3. The van der Waals surface area contributed by atoms with Crippen LogP contribution in [0.1, 0.15) is 18.9 Å². The van der Waals surface area contributed by atoms with E-state index in [0.29, 0.717) is 5.92 Å². The molecule has 0 fully saturated rings. The molecule has 0 amide bonds. The van der Waals surface area contributed by atoms with E-state index in [0.717, 1.165) is 29.3 Å². The van der Waals surface area contributed by atoms with Crippen molar-refractivity contribution in [2.45, 2.75) is 19.8 Å². The average Bonchev–Trinajstić information content (AvgIpc) is 2.64. The van der Waals surface area contributed by atoms with Crippen LogP contribution >= 0.6 is 23.8 Å². The molecule has 0 bridgehead atoms. The SMILES string of the molecule is CCC1CN(c2ccccc2)c2cc(Cl)ccc2CC1=S. The van der Waals surface area contributed by atoms with Crippen LogP contribution in [0.5, 0.6) is 0 Å². The number of fused-ring (bicyclic) bond motifs is 1. The van der Waals surface area contributed by atoms with Crippen molar-refractivity contribution in [3.63, 3.8) is 0 Å². The summed E-state index contributed by atoms with van der Waals surface area (Å²) in [5.41, 5.74) is 3.65. The second-order valence-electron chi connectivity index (χ2n) is 5.47. The highest BCUT2D eigenvalue weighted by atomic mass is 35.5. The predicted molar refractivity (Wildman–Crippen MR) is 95.0 cm³/mol. The van der Waals surface area contributed by atoms with Gasteiger partial charge in [0, 0.05) is 40.1 Å². The molecule has 0 saturated heterocycles. The van der Waals surface area contributed by atoms with Gasteiger partial charge in [0.05, 0.1) is 0 Å². The van der Waals surface area contributed by atoms with Crippen molar-refractivity contribution < 1.29 is 0 Å². The molecule has 3 rings (SSSR count). The third-order valence-electron chi connectivity index (χ3n) is 4.12. The number of anilines is 2. The Hall–Kier alpha value is -1.38. The molecule has 1 heterocycles. The van der Waals surface area contributed by atoms with Crippen LogP contribution in [0.4, 0.5) is 11.4 Å². The van der Waals surface area contributed by atoms with Gasteiger partial charge in [-0.2, -0.15) is 0 Å². The summed E-state index contributed by atoms with van der Waals surface area (Å²) in [5, 5.41) is 0.774. The van der Waals surface area contributed by atoms with Crippen molar-refractivity contribution in [3.05, 3.63) is 59.1 Å². The van der Waals surface area contributed by atoms with Gasteiger partial charge >= 0.3 is 0 Å². The molecule has 21 heavy (non-hydrogen) atoms. The van der Waals surface area contributed by atoms with E-state index < -0.39 is 0 Å². The number of rotatable bonds is 2. The van der Waals surface area contributed by atoms with E-state index in [2.05, 4.69) is 48.2 Å². The monoisotopic (exact) mass is 315 g/mol. The summed E-state index contributed by atoms with van der Waals surface area (Å²) in [4.78, 5) is 3.51. The van der Waals surface area contributed by atoms with Crippen molar-refractivity contribution in [1.29, 1.82) is 0 Å². The average molecular weight is 316 g/mol. The summed E-state index contributed by atoms with van der Waals surface area (Å²) in [6.45, 7) is 3.13. The highest BCUT2D eigenvalue weighted by Crippen LogP contribution is 2.35. The van der Waals surface area contributed by atoms with E-state index in [1.807, 2.05) is 12.1 Å². The van der Waals surface area contributed by atoms with Gasteiger partial charge in [-0.1, -0.05) is 55.0 Å². The molecule has 108 valence electrons. The molecule has 1 unspecified atom stereocenters. The highest BCUT2D eigenvalue weighted by molar-refractivity contribution is 7.80. The van der Waals surface area contributed by atoms with E-state index >= 15 is 0 Å². The number of para-hydroxylation sites is 1. The van der Waals surface area contributed by atoms with Gasteiger partial charge in [-0.3, -0.25) is 0 Å². The first kappa shape index (κ1) is 14.6. The molecule has 0 aliphatic carbocycles. The molecular weight excluding hydrogens is 298 g/mol. The second kappa shape index (κ2) is 6.17. The molecule has 0 N–H and O–H groups in total. The summed E-state index contributed by atoms with van der Waals surface area (Å²) in [7, 11) is 0. The maximum absolute atomic E-state index is 6.23. The molecule has 0 aromatic heterocycles. The van der Waals surface area contributed by atoms with Gasteiger partial charge in [-0.15, -0.1) is 0 Å². The van der Waals surface area contributed by atoms with Crippen molar-refractivity contribution in [3.8, 4) is 0 Å². The lowest BCUT2D eigenvalue weighted by Gasteiger charge is -2.27. The van der Waals surface area contributed by atoms with Gasteiger partial charge in [0.25, 0.3) is 0 Å². The summed E-state index contributed by atoms with van der Waals surface area (Å²) in [6, 6.07) is 16.6. The van der Waals surface area contributed by atoms with Gasteiger partial charge in [0.1, 0.15) is 0 Å². The molecule has 1 atom stereocenters. The zero-order valence-electron chi connectivity index (χ0n) is 12.1. The van der Waals surface area contributed by atoms with Crippen LogP contribution in [0.2, 0.25) is 5.02 Å². The minimum absolute atomic E-state index is 0.436. The molecule has 2 aromatic carbocycles. The van der Waals surface area contributed by atoms with E-state index in [9.17, 15) is 0 Å². The van der Waals surface area contributed by atoms with Gasteiger partial charge in [-0.05, 0) is 36.2 Å². The maximum Gasteiger partial charge on any atom is 0.0462 e. The van der Waals surface area contributed by atoms with E-state index in [1.54, 1.807) is 0 Å². The third-order valence-corrected chi connectivity index (χ3v) is 4.83. The van der Waals surface area contributed by atoms with Gasteiger partial charge < -0.3 is 4.90 Å². The van der Waals surface area contributed by atoms with Crippen LogP contribution in [0.25, 0.3) is 0 Å². The first-order valence-electron chi connectivity index (χ1n) is 7.32. The number of nitrogens with zero attached hydrogens (tertiary/aromatic N) is 1. The van der Waals surface area contributed by atoms with Crippen LogP contribution in [0.15, 0.2) is 48.5 Å². The quantitative estimate of drug-likeness (QED) is 0.680. The fraction of sp³-hybridized carbons (Fsp3) is 0.278. The molecule has 1 nitrogen and oxygen atoms in total. The number of hydrogen-bond acceptors (Lipinski definition) is 2. The molecule has 0 radical (unpaired) electrons. The van der Waals surface area contributed by atoms with Crippen molar-refractivity contribution >= 4 is 40.1 Å². The minimum atomic E-state index is 0.436. The predicted octanol–water partition coefficient (Wildman–Crippen LogP) is 5.43. The first-order valence-corrected chi connectivity index (χ1v) is 8.11. The maximum atomic E-state index is 6.23. The molecule has 2 aromatic rings. The molecule has 3 heteroatoms. The molecule has 1 aliphatic rings.